The molecule has 0 amide bonds. The number of carbonyl (C=O) groups is 1. The second-order valence-electron chi connectivity index (χ2n) is 10.6. The number of aliphatic carboxylic acids is 1. The molecule has 6 nitrogen and oxygen atoms in total. The average Bonchev–Trinajstić information content (AvgIpc) is 3.73. The van der Waals surface area contributed by atoms with Gasteiger partial charge in [0.05, 0.1) is 12.5 Å². The predicted octanol–water partition coefficient (Wildman–Crippen LogP) is 5.69. The van der Waals surface area contributed by atoms with E-state index < -0.39 is 16.8 Å². The van der Waals surface area contributed by atoms with Gasteiger partial charge in [-0.05, 0) is 96.3 Å². The smallest absolute Gasteiger partial charge is 0.307 e. The van der Waals surface area contributed by atoms with Crippen LogP contribution >= 0.6 is 0 Å². The third kappa shape index (κ3) is 5.30. The SMILES string of the molecule is Cc1cc(OC2CCS(=O)CC2)cc2c1-c1cc(CNc3ccc([C@H]4CC4C(=O)O)cc3)ccc1OCC2. The molecule has 38 heavy (non-hydrogen) atoms. The van der Waals surface area contributed by atoms with Crippen LogP contribution in [-0.4, -0.2) is 39.5 Å². The van der Waals surface area contributed by atoms with Crippen LogP contribution in [0.4, 0.5) is 5.69 Å². The van der Waals surface area contributed by atoms with Gasteiger partial charge in [-0.15, -0.1) is 0 Å². The summed E-state index contributed by atoms with van der Waals surface area (Å²) in [6, 6.07) is 18.8. The molecule has 0 aromatic heterocycles. The van der Waals surface area contributed by atoms with Crippen molar-refractivity contribution in [2.75, 3.05) is 23.4 Å². The second kappa shape index (κ2) is 10.4. The van der Waals surface area contributed by atoms with Gasteiger partial charge < -0.3 is 19.9 Å². The van der Waals surface area contributed by atoms with Gasteiger partial charge >= 0.3 is 5.97 Å². The van der Waals surface area contributed by atoms with Crippen molar-refractivity contribution >= 4 is 22.5 Å². The minimum Gasteiger partial charge on any atom is -0.493 e. The quantitative estimate of drug-likeness (QED) is 0.408. The van der Waals surface area contributed by atoms with Gasteiger partial charge in [-0.25, -0.2) is 0 Å². The number of anilines is 1. The van der Waals surface area contributed by atoms with Crippen LogP contribution in [0.2, 0.25) is 0 Å². The van der Waals surface area contributed by atoms with E-state index in [1.165, 1.54) is 16.7 Å². The molecule has 7 heteroatoms. The van der Waals surface area contributed by atoms with E-state index in [-0.39, 0.29) is 17.9 Å². The molecule has 3 aliphatic rings. The Morgan fingerprint density at radius 2 is 1.89 bits per heavy atom. The highest BCUT2D eigenvalue weighted by Crippen LogP contribution is 2.47. The van der Waals surface area contributed by atoms with Gasteiger partial charge in [0.2, 0.25) is 0 Å². The Hall–Kier alpha value is -3.32. The lowest BCUT2D eigenvalue weighted by Gasteiger charge is -2.24. The van der Waals surface area contributed by atoms with E-state index in [0.29, 0.717) is 13.2 Å². The number of nitrogens with one attached hydrogen (secondary N) is 1. The maximum Gasteiger partial charge on any atom is 0.307 e. The van der Waals surface area contributed by atoms with Gasteiger partial charge in [-0.1, -0.05) is 18.2 Å². The van der Waals surface area contributed by atoms with Crippen LogP contribution in [0.5, 0.6) is 11.5 Å². The molecule has 3 aromatic carbocycles. The van der Waals surface area contributed by atoms with E-state index in [2.05, 4.69) is 42.6 Å². The molecule has 1 aliphatic carbocycles. The summed E-state index contributed by atoms with van der Waals surface area (Å²) in [5.74, 6) is 2.46. The van der Waals surface area contributed by atoms with E-state index in [9.17, 15) is 14.1 Å². The fourth-order valence-electron chi connectivity index (χ4n) is 5.73. The third-order valence-electron chi connectivity index (χ3n) is 7.91. The zero-order valence-corrected chi connectivity index (χ0v) is 22.4. The Balaban J connectivity index is 1.17. The highest BCUT2D eigenvalue weighted by atomic mass is 32.2. The zero-order chi connectivity index (χ0) is 26.2. The van der Waals surface area contributed by atoms with Crippen LogP contribution in [0.3, 0.4) is 0 Å². The summed E-state index contributed by atoms with van der Waals surface area (Å²) in [7, 11) is -0.694. The molecule has 6 rings (SSSR count). The Kier molecular flexibility index (Phi) is 6.87. The molecule has 198 valence electrons. The molecule has 2 atom stereocenters. The van der Waals surface area contributed by atoms with Crippen LogP contribution in [-0.2, 0) is 28.6 Å². The van der Waals surface area contributed by atoms with Crippen molar-refractivity contribution in [2.24, 2.45) is 5.92 Å². The summed E-state index contributed by atoms with van der Waals surface area (Å²) in [5.41, 5.74) is 8.00. The largest absolute Gasteiger partial charge is 0.493 e. The Bertz CT molecular complexity index is 1380. The number of carboxylic acid groups (broad SMARTS) is 1. The first-order valence-electron chi connectivity index (χ1n) is 13.4. The number of aryl methyl sites for hydroxylation is 1. The lowest BCUT2D eigenvalue weighted by molar-refractivity contribution is -0.138. The first-order valence-corrected chi connectivity index (χ1v) is 14.9. The summed E-state index contributed by atoms with van der Waals surface area (Å²) in [6.45, 7) is 3.43. The van der Waals surface area contributed by atoms with Crippen LogP contribution in [0.25, 0.3) is 11.1 Å². The summed E-state index contributed by atoms with van der Waals surface area (Å²) in [5, 5.41) is 12.7. The minimum absolute atomic E-state index is 0.133. The molecular formula is C31H33NO5S. The number of rotatable bonds is 7. The monoisotopic (exact) mass is 531 g/mol. The van der Waals surface area contributed by atoms with Crippen molar-refractivity contribution in [1.29, 1.82) is 0 Å². The molecule has 0 bridgehead atoms. The Labute approximate surface area is 225 Å². The van der Waals surface area contributed by atoms with Crippen molar-refractivity contribution < 1.29 is 23.6 Å². The highest BCUT2D eigenvalue weighted by Gasteiger charge is 2.44. The lowest BCUT2D eigenvalue weighted by Crippen LogP contribution is -2.27. The van der Waals surface area contributed by atoms with Crippen LogP contribution < -0.4 is 14.8 Å². The van der Waals surface area contributed by atoms with E-state index in [0.717, 1.165) is 71.1 Å². The molecule has 1 saturated heterocycles. The molecule has 2 heterocycles. The van der Waals surface area contributed by atoms with Crippen molar-refractivity contribution in [3.05, 3.63) is 76.9 Å². The number of hydrogen-bond donors (Lipinski definition) is 2. The number of hydrogen-bond acceptors (Lipinski definition) is 5. The van der Waals surface area contributed by atoms with Gasteiger partial charge in [0.15, 0.2) is 0 Å². The van der Waals surface area contributed by atoms with Crippen molar-refractivity contribution in [3.8, 4) is 22.6 Å². The van der Waals surface area contributed by atoms with Crippen LogP contribution in [0, 0.1) is 12.8 Å². The van der Waals surface area contributed by atoms with Gasteiger partial charge in [0, 0.05) is 46.5 Å². The number of carboxylic acids is 1. The second-order valence-corrected chi connectivity index (χ2v) is 12.3. The molecule has 2 fully saturated rings. The Morgan fingerprint density at radius 3 is 2.63 bits per heavy atom. The maximum atomic E-state index is 11.7. The maximum absolute atomic E-state index is 11.7. The standard InChI is InChI=1S/C31H33NO5S/c1-19-14-25(37-24-9-12-38(35)13-10-24)16-22-8-11-36-29-7-2-20(15-28(29)30(19)22)18-32-23-5-3-21(4-6-23)26-17-27(26)31(33)34/h2-7,14-16,24,26-27,32H,8-13,17-18H2,1H3,(H,33,34)/t24?,26-,27?,38?/m1/s1. The molecule has 0 radical (unpaired) electrons. The van der Waals surface area contributed by atoms with E-state index in [1.807, 2.05) is 24.3 Å². The number of ether oxygens (including phenoxy) is 2. The van der Waals surface area contributed by atoms with E-state index in [1.54, 1.807) is 0 Å². The molecular weight excluding hydrogens is 498 g/mol. The van der Waals surface area contributed by atoms with E-state index >= 15 is 0 Å². The number of fused-ring (bicyclic) bond motifs is 3. The summed E-state index contributed by atoms with van der Waals surface area (Å²) < 4.78 is 24.2. The van der Waals surface area contributed by atoms with E-state index in [4.69, 9.17) is 9.47 Å². The summed E-state index contributed by atoms with van der Waals surface area (Å²) >= 11 is 0. The molecule has 1 unspecified atom stereocenters. The highest BCUT2D eigenvalue weighted by molar-refractivity contribution is 7.85. The van der Waals surface area contributed by atoms with Crippen molar-refractivity contribution in [2.45, 2.75) is 51.2 Å². The fraction of sp³-hybridized carbons (Fsp3) is 0.387. The minimum atomic E-state index is -0.701. The molecule has 2 aliphatic heterocycles. The molecule has 1 saturated carbocycles. The Morgan fingerprint density at radius 1 is 1.11 bits per heavy atom. The zero-order valence-electron chi connectivity index (χ0n) is 21.6. The average molecular weight is 532 g/mol. The molecule has 0 spiro atoms. The summed E-state index contributed by atoms with van der Waals surface area (Å²) in [6.07, 6.45) is 3.37. The first-order chi connectivity index (χ1) is 18.4. The lowest BCUT2D eigenvalue weighted by atomic mass is 9.92. The van der Waals surface area contributed by atoms with Crippen LogP contribution in [0.1, 0.15) is 47.4 Å². The van der Waals surface area contributed by atoms with Gasteiger partial charge in [-0.3, -0.25) is 9.00 Å². The fourth-order valence-corrected chi connectivity index (χ4v) is 6.98. The van der Waals surface area contributed by atoms with Crippen molar-refractivity contribution in [1.82, 2.24) is 0 Å². The van der Waals surface area contributed by atoms with Crippen molar-refractivity contribution in [3.63, 3.8) is 0 Å². The topological polar surface area (TPSA) is 84.9 Å². The van der Waals surface area contributed by atoms with Gasteiger partial charge in [0.25, 0.3) is 0 Å². The predicted molar refractivity (Wildman–Crippen MR) is 150 cm³/mol. The summed E-state index contributed by atoms with van der Waals surface area (Å²) in [4.78, 5) is 11.2. The molecule has 2 N–H and O–H groups in total. The van der Waals surface area contributed by atoms with Gasteiger partial charge in [-0.2, -0.15) is 0 Å². The van der Waals surface area contributed by atoms with Gasteiger partial charge in [0.1, 0.15) is 17.6 Å². The third-order valence-corrected chi connectivity index (χ3v) is 9.30. The first kappa shape index (κ1) is 25.0. The number of benzene rings is 3. The molecule has 3 aromatic rings. The van der Waals surface area contributed by atoms with Crippen LogP contribution in [0.15, 0.2) is 54.6 Å². The normalized spacial score (nSPS) is 23.8.